The monoisotopic (exact) mass is 475 g/mol. The van der Waals surface area contributed by atoms with E-state index in [2.05, 4.69) is 15.1 Å². The minimum Gasteiger partial charge on any atom is -0.478 e. The number of morpholine rings is 1. The number of carboxylic acids is 1. The second-order valence-corrected chi connectivity index (χ2v) is 11.5. The lowest BCUT2D eigenvalue weighted by atomic mass is 9.63. The summed E-state index contributed by atoms with van der Waals surface area (Å²) in [5, 5.41) is 13.3. The number of ether oxygens (including phenoxy) is 1. The molecule has 0 aromatic heterocycles. The fourth-order valence-electron chi connectivity index (χ4n) is 8.20. The van der Waals surface area contributed by atoms with Gasteiger partial charge in [0.1, 0.15) is 11.7 Å². The zero-order chi connectivity index (χ0) is 23.4. The smallest absolute Gasteiger partial charge is 0.340 e. The van der Waals surface area contributed by atoms with Gasteiger partial charge in [0.15, 0.2) is 5.78 Å². The molecule has 3 heterocycles. The Hall–Kier alpha value is -1.51. The van der Waals surface area contributed by atoms with E-state index in [0.717, 1.165) is 38.9 Å². The molecule has 2 N–H and O–H groups in total. The Morgan fingerprint density at radius 2 is 1.91 bits per heavy atom. The van der Waals surface area contributed by atoms with Gasteiger partial charge in [0, 0.05) is 25.2 Å². The standard InChI is InChI=1S/C26H38FN3O4/c27-19-13-17-23-25(21(19)28-9-12-29-10-3-4-11-29)34-20-8-7-15-5-1-2-6-16(15)22(20)30(23)14-18(24(17)31)26(32)33/h14-17,19-23,25,28H,1-13H2,(H,32,33). The number of likely N-dealkylation sites (tertiary alicyclic amines) is 1. The first-order chi connectivity index (χ1) is 16.5. The number of halogens is 1. The van der Waals surface area contributed by atoms with E-state index in [-0.39, 0.29) is 30.2 Å². The van der Waals surface area contributed by atoms with E-state index in [4.69, 9.17) is 4.74 Å². The number of hydrogen-bond donors (Lipinski definition) is 2. The minimum atomic E-state index is -1.23. The van der Waals surface area contributed by atoms with Crippen LogP contribution < -0.4 is 5.32 Å². The van der Waals surface area contributed by atoms with Crippen LogP contribution in [0.3, 0.4) is 0 Å². The Kier molecular flexibility index (Phi) is 6.18. The van der Waals surface area contributed by atoms with E-state index in [1.54, 1.807) is 6.20 Å². The van der Waals surface area contributed by atoms with E-state index in [0.29, 0.717) is 18.4 Å². The van der Waals surface area contributed by atoms with E-state index in [9.17, 15) is 14.7 Å². The number of carbonyl (C=O) groups is 2. The molecule has 34 heavy (non-hydrogen) atoms. The molecule has 188 valence electrons. The summed E-state index contributed by atoms with van der Waals surface area (Å²) in [5.74, 6) is -1.17. The van der Waals surface area contributed by atoms with Crippen LogP contribution in [0.5, 0.6) is 0 Å². The van der Waals surface area contributed by atoms with Crippen LogP contribution >= 0.6 is 0 Å². The third-order valence-corrected chi connectivity index (χ3v) is 9.72. The highest BCUT2D eigenvalue weighted by atomic mass is 19.1. The summed E-state index contributed by atoms with van der Waals surface area (Å²) in [4.78, 5) is 29.8. The Labute approximate surface area is 201 Å². The highest BCUT2D eigenvalue weighted by molar-refractivity contribution is 6.18. The fraction of sp³-hybridized carbons (Fsp3) is 0.846. The van der Waals surface area contributed by atoms with E-state index >= 15 is 4.39 Å². The summed E-state index contributed by atoms with van der Waals surface area (Å²) in [5.41, 5.74) is -0.175. The van der Waals surface area contributed by atoms with E-state index < -0.39 is 36.0 Å². The van der Waals surface area contributed by atoms with Crippen LogP contribution in [0.1, 0.15) is 57.8 Å². The summed E-state index contributed by atoms with van der Waals surface area (Å²) >= 11 is 0. The maximum absolute atomic E-state index is 15.6. The number of nitrogens with zero attached hydrogens (tertiary/aromatic N) is 2. The van der Waals surface area contributed by atoms with Crippen molar-refractivity contribution in [3.63, 3.8) is 0 Å². The van der Waals surface area contributed by atoms with Gasteiger partial charge in [-0.15, -0.1) is 0 Å². The number of fused-ring (bicyclic) bond motifs is 4. The highest BCUT2D eigenvalue weighted by Crippen LogP contribution is 2.51. The van der Waals surface area contributed by atoms with Gasteiger partial charge in [-0.1, -0.05) is 19.3 Å². The predicted molar refractivity (Wildman–Crippen MR) is 124 cm³/mol. The molecule has 0 spiro atoms. The SMILES string of the molecule is O=C(O)C1=CN2C3C(CCC4CCCCC43)OC3C(NCCN4CCCC4)C(F)CC(C1=O)C32. The summed E-state index contributed by atoms with van der Waals surface area (Å²) in [6, 6.07) is -0.663. The molecule has 0 amide bonds. The fourth-order valence-corrected chi connectivity index (χ4v) is 8.20. The Morgan fingerprint density at radius 1 is 1.12 bits per heavy atom. The molecule has 0 radical (unpaired) electrons. The molecule has 8 heteroatoms. The maximum Gasteiger partial charge on any atom is 0.340 e. The molecule has 7 nitrogen and oxygen atoms in total. The molecule has 0 aromatic rings. The zero-order valence-electron chi connectivity index (χ0n) is 19.9. The molecule has 5 fully saturated rings. The summed E-state index contributed by atoms with van der Waals surface area (Å²) in [6.07, 6.45) is 9.29. The number of nitrogens with one attached hydrogen (secondary N) is 1. The number of rotatable bonds is 5. The third kappa shape index (κ3) is 3.80. The second-order valence-electron chi connectivity index (χ2n) is 11.5. The Morgan fingerprint density at radius 3 is 2.71 bits per heavy atom. The summed E-state index contributed by atoms with van der Waals surface area (Å²) in [7, 11) is 0. The van der Waals surface area contributed by atoms with Crippen molar-refractivity contribution in [2.24, 2.45) is 17.8 Å². The van der Waals surface area contributed by atoms with Crippen LogP contribution in [-0.4, -0.2) is 89.3 Å². The van der Waals surface area contributed by atoms with Crippen LogP contribution in [0, 0.1) is 17.8 Å². The quantitative estimate of drug-likeness (QED) is 0.591. The van der Waals surface area contributed by atoms with Gasteiger partial charge in [-0.05, 0) is 63.5 Å². The highest BCUT2D eigenvalue weighted by Gasteiger charge is 2.60. The molecular formula is C26H38FN3O4. The Balaban J connectivity index is 1.30. The lowest BCUT2D eigenvalue weighted by Gasteiger charge is -2.62. The third-order valence-electron chi connectivity index (χ3n) is 9.72. The van der Waals surface area contributed by atoms with Crippen molar-refractivity contribution in [3.05, 3.63) is 11.8 Å². The molecule has 3 aliphatic carbocycles. The van der Waals surface area contributed by atoms with Crippen molar-refractivity contribution in [1.82, 2.24) is 15.1 Å². The average Bonchev–Trinajstić information content (AvgIpc) is 3.35. The van der Waals surface area contributed by atoms with E-state index in [1.807, 2.05) is 0 Å². The van der Waals surface area contributed by atoms with Crippen LogP contribution in [0.4, 0.5) is 4.39 Å². The molecule has 9 atom stereocenters. The van der Waals surface area contributed by atoms with Crippen LogP contribution in [0.2, 0.25) is 0 Å². The number of carbonyl (C=O) groups excluding carboxylic acids is 1. The van der Waals surface area contributed by atoms with Gasteiger partial charge in [-0.25, -0.2) is 9.18 Å². The first-order valence-electron chi connectivity index (χ1n) is 13.5. The zero-order valence-corrected chi connectivity index (χ0v) is 19.9. The first-order valence-corrected chi connectivity index (χ1v) is 13.5. The van der Waals surface area contributed by atoms with Gasteiger partial charge in [0.25, 0.3) is 0 Å². The number of Topliss-reactive ketones (excluding diaryl/α,β-unsaturated/α-hetero) is 1. The summed E-state index contributed by atoms with van der Waals surface area (Å²) in [6.45, 7) is 3.80. The number of alkyl halides is 1. The molecule has 9 unspecified atom stereocenters. The van der Waals surface area contributed by atoms with Crippen molar-refractivity contribution in [2.45, 2.75) is 94.3 Å². The van der Waals surface area contributed by atoms with E-state index in [1.165, 1.54) is 32.1 Å². The van der Waals surface area contributed by atoms with Gasteiger partial charge in [-0.3, -0.25) is 4.79 Å². The molecule has 2 saturated heterocycles. The number of ketones is 1. The minimum absolute atomic E-state index is 0.0334. The van der Waals surface area contributed by atoms with Crippen LogP contribution in [-0.2, 0) is 14.3 Å². The lowest BCUT2D eigenvalue weighted by Crippen LogP contribution is -2.74. The van der Waals surface area contributed by atoms with Gasteiger partial charge in [0.2, 0.25) is 0 Å². The van der Waals surface area contributed by atoms with Crippen molar-refractivity contribution in [2.75, 3.05) is 26.2 Å². The molecule has 6 aliphatic rings. The van der Waals surface area contributed by atoms with Crippen molar-refractivity contribution in [3.8, 4) is 0 Å². The molecule has 3 aliphatic heterocycles. The molecular weight excluding hydrogens is 437 g/mol. The van der Waals surface area contributed by atoms with Gasteiger partial charge in [0.05, 0.1) is 30.3 Å². The van der Waals surface area contributed by atoms with Crippen molar-refractivity contribution in [1.29, 1.82) is 0 Å². The second kappa shape index (κ2) is 9.17. The normalized spacial score (nSPS) is 44.1. The average molecular weight is 476 g/mol. The molecule has 0 aromatic carbocycles. The van der Waals surface area contributed by atoms with Crippen molar-refractivity contribution >= 4 is 11.8 Å². The number of hydrogen-bond acceptors (Lipinski definition) is 6. The Bertz CT molecular complexity index is 846. The summed E-state index contributed by atoms with van der Waals surface area (Å²) < 4.78 is 22.4. The van der Waals surface area contributed by atoms with Gasteiger partial charge < -0.3 is 25.0 Å². The largest absolute Gasteiger partial charge is 0.478 e. The van der Waals surface area contributed by atoms with Crippen molar-refractivity contribution < 1.29 is 23.8 Å². The topological polar surface area (TPSA) is 82.1 Å². The van der Waals surface area contributed by atoms with Gasteiger partial charge >= 0.3 is 5.97 Å². The van der Waals surface area contributed by atoms with Gasteiger partial charge in [-0.2, -0.15) is 0 Å². The van der Waals surface area contributed by atoms with Crippen LogP contribution in [0.15, 0.2) is 11.8 Å². The molecule has 0 bridgehead atoms. The molecule has 6 rings (SSSR count). The van der Waals surface area contributed by atoms with Crippen LogP contribution in [0.25, 0.3) is 0 Å². The predicted octanol–water partition coefficient (Wildman–Crippen LogP) is 2.36. The number of aliphatic carboxylic acids is 1. The lowest BCUT2D eigenvalue weighted by molar-refractivity contribution is -0.215. The maximum atomic E-state index is 15.6. The first kappa shape index (κ1) is 22.9. The number of carboxylic acid groups (broad SMARTS) is 1. The molecule has 3 saturated carbocycles.